The molecule has 0 heterocycles. The molecule has 0 rings (SSSR count). The summed E-state index contributed by atoms with van der Waals surface area (Å²) in [6.45, 7) is 0. The Labute approximate surface area is 90.0 Å². The Morgan fingerprint density at radius 1 is 1.12 bits per heavy atom. The summed E-state index contributed by atoms with van der Waals surface area (Å²) in [6.07, 6.45) is -6.86. The summed E-state index contributed by atoms with van der Waals surface area (Å²) in [4.78, 5) is 10.4. The fourth-order valence-electron chi connectivity index (χ4n) is 0.636. The predicted octanol–water partition coefficient (Wildman–Crippen LogP) is 1.83. The third kappa shape index (κ3) is 2.80. The number of halogens is 7. The zero-order valence-corrected chi connectivity index (χ0v) is 8.12. The average Bonchev–Trinajstić information content (AvgIpc) is 2.15. The number of ether oxygens (including phenoxy) is 1. The molecule has 3 nitrogen and oxygen atoms in total. The summed E-state index contributed by atoms with van der Waals surface area (Å²) in [7, 11) is 0.701. The lowest BCUT2D eigenvalue weighted by Crippen LogP contribution is -2.54. The minimum Gasteiger partial charge on any atom is -0.466 e. The van der Waals surface area contributed by atoms with E-state index in [1.54, 1.807) is 0 Å². The molecular formula is C7H6F7NO2. The maximum Gasteiger partial charge on any atom is 0.460 e. The minimum absolute atomic E-state index is 0.348. The molecular weight excluding hydrogens is 263 g/mol. The van der Waals surface area contributed by atoms with Gasteiger partial charge in [-0.3, -0.25) is 0 Å². The van der Waals surface area contributed by atoms with Gasteiger partial charge in [-0.25, -0.2) is 4.79 Å². The summed E-state index contributed by atoms with van der Waals surface area (Å²) >= 11 is 0. The third-order valence-electron chi connectivity index (χ3n) is 1.59. The Balaban J connectivity index is 5.42. The largest absolute Gasteiger partial charge is 0.466 e. The van der Waals surface area contributed by atoms with E-state index in [0.29, 0.717) is 7.11 Å². The van der Waals surface area contributed by atoms with E-state index in [1.807, 2.05) is 0 Å². The van der Waals surface area contributed by atoms with E-state index >= 15 is 0 Å². The van der Waals surface area contributed by atoms with E-state index in [9.17, 15) is 35.5 Å². The van der Waals surface area contributed by atoms with Gasteiger partial charge in [0.15, 0.2) is 0 Å². The molecule has 0 saturated heterocycles. The Hall–Kier alpha value is -1.48. The lowest BCUT2D eigenvalue weighted by atomic mass is 10.1. The van der Waals surface area contributed by atoms with Gasteiger partial charge >= 0.3 is 24.0 Å². The van der Waals surface area contributed by atoms with Crippen LogP contribution in [0.2, 0.25) is 0 Å². The van der Waals surface area contributed by atoms with Crippen molar-refractivity contribution in [2.75, 3.05) is 7.11 Å². The fraction of sp³-hybridized carbons (Fsp3) is 0.571. The van der Waals surface area contributed by atoms with Crippen LogP contribution in [0.4, 0.5) is 30.7 Å². The Morgan fingerprint density at radius 2 is 1.53 bits per heavy atom. The number of rotatable bonds is 3. The first kappa shape index (κ1) is 15.5. The first-order valence-electron chi connectivity index (χ1n) is 3.76. The van der Waals surface area contributed by atoms with Gasteiger partial charge < -0.3 is 10.5 Å². The molecule has 0 bridgehead atoms. The number of hydrogen-bond donors (Lipinski definition) is 1. The second-order valence-corrected chi connectivity index (χ2v) is 2.77. The second kappa shape index (κ2) is 4.41. The van der Waals surface area contributed by atoms with Gasteiger partial charge in [-0.1, -0.05) is 0 Å². The molecule has 0 aliphatic rings. The van der Waals surface area contributed by atoms with Crippen LogP contribution >= 0.6 is 0 Å². The maximum atomic E-state index is 12.7. The van der Waals surface area contributed by atoms with Crippen molar-refractivity contribution in [1.29, 1.82) is 0 Å². The van der Waals surface area contributed by atoms with Crippen LogP contribution in [0.3, 0.4) is 0 Å². The minimum atomic E-state index is -6.51. The number of methoxy groups -OCH3 is 1. The van der Waals surface area contributed by atoms with E-state index in [-0.39, 0.29) is 6.08 Å². The highest BCUT2D eigenvalue weighted by Gasteiger charge is 2.74. The summed E-state index contributed by atoms with van der Waals surface area (Å²) in [6, 6.07) is 0. The molecule has 17 heavy (non-hydrogen) atoms. The number of carbonyl (C=O) groups is 1. The summed E-state index contributed by atoms with van der Waals surface area (Å²) in [5.74, 6) is -13.7. The highest BCUT2D eigenvalue weighted by atomic mass is 19.4. The van der Waals surface area contributed by atoms with Crippen molar-refractivity contribution >= 4 is 5.97 Å². The molecule has 0 aliphatic carbocycles. The van der Waals surface area contributed by atoms with Crippen molar-refractivity contribution < 1.29 is 40.3 Å². The summed E-state index contributed by atoms with van der Waals surface area (Å²) in [5.41, 5.74) is 2.10. The normalized spacial score (nSPS) is 14.7. The molecule has 10 heteroatoms. The smallest absolute Gasteiger partial charge is 0.460 e. The monoisotopic (exact) mass is 269 g/mol. The van der Waals surface area contributed by atoms with Crippen molar-refractivity contribution in [2.45, 2.75) is 18.0 Å². The van der Waals surface area contributed by atoms with Gasteiger partial charge in [0.1, 0.15) is 0 Å². The number of alkyl halides is 7. The van der Waals surface area contributed by atoms with Crippen molar-refractivity contribution in [1.82, 2.24) is 0 Å². The van der Waals surface area contributed by atoms with Gasteiger partial charge in [0.05, 0.1) is 12.8 Å². The quantitative estimate of drug-likeness (QED) is 0.483. The number of esters is 1. The van der Waals surface area contributed by atoms with Crippen molar-refractivity contribution in [3.63, 3.8) is 0 Å². The van der Waals surface area contributed by atoms with Gasteiger partial charge in [0.25, 0.3) is 0 Å². The first-order chi connectivity index (χ1) is 7.38. The van der Waals surface area contributed by atoms with Gasteiger partial charge in [-0.2, -0.15) is 30.7 Å². The first-order valence-corrected chi connectivity index (χ1v) is 3.76. The van der Waals surface area contributed by atoms with Gasteiger partial charge in [-0.05, 0) is 0 Å². The van der Waals surface area contributed by atoms with E-state index in [4.69, 9.17) is 0 Å². The molecule has 0 aromatic heterocycles. The van der Waals surface area contributed by atoms with Crippen LogP contribution in [0.15, 0.2) is 11.8 Å². The third-order valence-corrected chi connectivity index (χ3v) is 1.59. The van der Waals surface area contributed by atoms with E-state index in [1.165, 1.54) is 0 Å². The molecule has 100 valence electrons. The van der Waals surface area contributed by atoms with E-state index in [0.717, 1.165) is 0 Å². The van der Waals surface area contributed by atoms with Gasteiger partial charge in [0.2, 0.25) is 0 Å². The van der Waals surface area contributed by atoms with Crippen molar-refractivity contribution in [3.8, 4) is 0 Å². The molecule has 0 aromatic rings. The van der Waals surface area contributed by atoms with Crippen LogP contribution in [0.5, 0.6) is 0 Å². The number of nitrogens with two attached hydrogens (primary N) is 1. The van der Waals surface area contributed by atoms with E-state index < -0.39 is 29.7 Å². The summed E-state index contributed by atoms with van der Waals surface area (Å²) < 4.78 is 89.0. The van der Waals surface area contributed by atoms with Crippen LogP contribution in [-0.4, -0.2) is 31.1 Å². The number of hydrogen-bond acceptors (Lipinski definition) is 3. The molecule has 0 radical (unpaired) electrons. The van der Waals surface area contributed by atoms with Crippen molar-refractivity contribution in [2.24, 2.45) is 5.73 Å². The molecule has 0 unspecified atom stereocenters. The SMILES string of the molecule is COC(=O)/C=C(/N)C(F)(F)C(F)(F)C(F)(F)F. The molecule has 0 amide bonds. The topological polar surface area (TPSA) is 52.3 Å². The lowest BCUT2D eigenvalue weighted by molar-refractivity contribution is -0.344. The fourth-order valence-corrected chi connectivity index (χ4v) is 0.636. The number of allylic oxidation sites excluding steroid dienone is 1. The zero-order valence-electron chi connectivity index (χ0n) is 8.12. The summed E-state index contributed by atoms with van der Waals surface area (Å²) in [5, 5.41) is 0. The number of carbonyl (C=O) groups excluding carboxylic acids is 1. The predicted molar refractivity (Wildman–Crippen MR) is 40.2 cm³/mol. The Kier molecular flexibility index (Phi) is 4.03. The Bertz CT molecular complexity index is 334. The zero-order chi connectivity index (χ0) is 14.1. The standard InChI is InChI=1S/C7H6F7NO2/c1-17-4(16)2-3(15)5(8,9)6(10,11)7(12,13)14/h2H,15H2,1H3/b3-2+. The van der Waals surface area contributed by atoms with Crippen LogP contribution in [0.25, 0.3) is 0 Å². The van der Waals surface area contributed by atoms with Gasteiger partial charge in [-0.15, -0.1) is 0 Å². The highest BCUT2D eigenvalue weighted by molar-refractivity contribution is 5.82. The molecule has 0 aliphatic heterocycles. The van der Waals surface area contributed by atoms with Crippen LogP contribution in [0, 0.1) is 0 Å². The van der Waals surface area contributed by atoms with E-state index in [2.05, 4.69) is 10.5 Å². The molecule has 2 N–H and O–H groups in total. The van der Waals surface area contributed by atoms with Crippen molar-refractivity contribution in [3.05, 3.63) is 11.8 Å². The van der Waals surface area contributed by atoms with Crippen LogP contribution < -0.4 is 5.73 Å². The average molecular weight is 269 g/mol. The molecule has 0 spiro atoms. The van der Waals surface area contributed by atoms with Crippen LogP contribution in [0.1, 0.15) is 0 Å². The highest BCUT2D eigenvalue weighted by Crippen LogP contribution is 2.48. The van der Waals surface area contributed by atoms with Crippen LogP contribution in [-0.2, 0) is 9.53 Å². The molecule has 0 saturated carbocycles. The van der Waals surface area contributed by atoms with Gasteiger partial charge in [0, 0.05) is 6.08 Å². The molecule has 0 aromatic carbocycles. The molecule has 0 fully saturated rings. The lowest BCUT2D eigenvalue weighted by Gasteiger charge is -2.28. The second-order valence-electron chi connectivity index (χ2n) is 2.77. The molecule has 0 atom stereocenters. The Morgan fingerprint density at radius 3 is 1.82 bits per heavy atom. The maximum absolute atomic E-state index is 12.7.